The monoisotopic (exact) mass is 444 g/mol. The lowest BCUT2D eigenvalue weighted by Crippen LogP contribution is -2.26. The molecule has 0 atom stereocenters. The lowest BCUT2D eigenvalue weighted by Gasteiger charge is -2.18. The third kappa shape index (κ3) is 5.40. The van der Waals surface area contributed by atoms with E-state index >= 15 is 0 Å². The summed E-state index contributed by atoms with van der Waals surface area (Å²) < 4.78 is 40.2. The summed E-state index contributed by atoms with van der Waals surface area (Å²) in [5.74, 6) is -0.682. The van der Waals surface area contributed by atoms with Gasteiger partial charge in [0.1, 0.15) is 5.82 Å². The highest BCUT2D eigenvalue weighted by molar-refractivity contribution is 7.98. The molecule has 0 aliphatic rings. The van der Waals surface area contributed by atoms with Crippen molar-refractivity contribution in [2.45, 2.75) is 16.3 Å². The molecular weight excluding hydrogens is 423 g/mol. The van der Waals surface area contributed by atoms with Crippen molar-refractivity contribution in [2.24, 2.45) is 0 Å². The molecule has 30 heavy (non-hydrogen) atoms. The summed E-state index contributed by atoms with van der Waals surface area (Å²) in [6.45, 7) is 0.465. The average Bonchev–Trinajstić information content (AvgIpc) is 2.74. The highest BCUT2D eigenvalue weighted by Gasteiger charge is 2.16. The zero-order chi connectivity index (χ0) is 21.7. The summed E-state index contributed by atoms with van der Waals surface area (Å²) in [6.07, 6.45) is 2.01. The number of carbonyl (C=O) groups is 1. The maximum absolute atomic E-state index is 13.0. The molecule has 0 heterocycles. The Labute approximate surface area is 180 Å². The van der Waals surface area contributed by atoms with E-state index in [1.54, 1.807) is 35.8 Å². The van der Waals surface area contributed by atoms with Crippen molar-refractivity contribution in [3.05, 3.63) is 89.7 Å². The number of amides is 1. The Kier molecular flexibility index (Phi) is 6.79. The molecule has 3 aromatic carbocycles. The number of carbonyl (C=O) groups excluding carboxylic acids is 1. The topological polar surface area (TPSA) is 66.5 Å². The third-order valence-corrected chi connectivity index (χ3v) is 6.57. The SMILES string of the molecule is CSc1ccc(CN(C)C(=O)c2ccc(NS(=O)(=O)c3ccc(F)cc3)cc2)cc1. The molecule has 0 aliphatic heterocycles. The second-order valence-electron chi connectivity index (χ2n) is 6.65. The van der Waals surface area contributed by atoms with Gasteiger partial charge in [0.15, 0.2) is 0 Å². The molecule has 0 spiro atoms. The van der Waals surface area contributed by atoms with Crippen molar-refractivity contribution in [1.29, 1.82) is 0 Å². The minimum atomic E-state index is -3.84. The number of nitrogens with zero attached hydrogens (tertiary/aromatic N) is 1. The van der Waals surface area contributed by atoms with E-state index in [4.69, 9.17) is 0 Å². The molecule has 0 fully saturated rings. The first-order valence-electron chi connectivity index (χ1n) is 9.05. The minimum Gasteiger partial charge on any atom is -0.337 e. The van der Waals surface area contributed by atoms with E-state index in [0.717, 1.165) is 22.6 Å². The summed E-state index contributed by atoms with van der Waals surface area (Å²) in [6, 6.07) is 18.7. The van der Waals surface area contributed by atoms with Gasteiger partial charge in [-0.3, -0.25) is 9.52 Å². The Morgan fingerprint density at radius 3 is 2.13 bits per heavy atom. The van der Waals surface area contributed by atoms with Gasteiger partial charge in [-0.15, -0.1) is 11.8 Å². The largest absolute Gasteiger partial charge is 0.337 e. The number of halogens is 1. The van der Waals surface area contributed by atoms with Crippen LogP contribution in [0.5, 0.6) is 0 Å². The molecule has 8 heteroatoms. The Morgan fingerprint density at radius 2 is 1.57 bits per heavy atom. The van der Waals surface area contributed by atoms with Crippen LogP contribution >= 0.6 is 11.8 Å². The van der Waals surface area contributed by atoms with Crippen molar-refractivity contribution < 1.29 is 17.6 Å². The fraction of sp³-hybridized carbons (Fsp3) is 0.136. The molecule has 0 saturated carbocycles. The number of hydrogen-bond acceptors (Lipinski definition) is 4. The third-order valence-electron chi connectivity index (χ3n) is 4.43. The fourth-order valence-electron chi connectivity index (χ4n) is 2.81. The zero-order valence-electron chi connectivity index (χ0n) is 16.5. The van der Waals surface area contributed by atoms with Gasteiger partial charge in [0.25, 0.3) is 15.9 Å². The van der Waals surface area contributed by atoms with Crippen LogP contribution in [0.3, 0.4) is 0 Å². The normalized spacial score (nSPS) is 11.2. The van der Waals surface area contributed by atoms with E-state index in [-0.39, 0.29) is 10.8 Å². The van der Waals surface area contributed by atoms with Crippen molar-refractivity contribution >= 4 is 33.4 Å². The number of nitrogens with one attached hydrogen (secondary N) is 1. The van der Waals surface area contributed by atoms with Gasteiger partial charge in [0.05, 0.1) is 4.90 Å². The highest BCUT2D eigenvalue weighted by Crippen LogP contribution is 2.19. The van der Waals surface area contributed by atoms with Crippen LogP contribution in [0, 0.1) is 5.82 Å². The summed E-state index contributed by atoms with van der Waals surface area (Å²) in [5, 5.41) is 0. The molecule has 156 valence electrons. The van der Waals surface area contributed by atoms with Crippen LogP contribution in [0.4, 0.5) is 10.1 Å². The number of anilines is 1. The molecule has 1 N–H and O–H groups in total. The molecule has 0 aliphatic carbocycles. The predicted octanol–water partition coefficient (Wildman–Crippen LogP) is 4.62. The van der Waals surface area contributed by atoms with Gasteiger partial charge in [0.2, 0.25) is 0 Å². The van der Waals surface area contributed by atoms with E-state index in [1.165, 1.54) is 24.3 Å². The Bertz CT molecular complexity index is 1110. The Balaban J connectivity index is 1.66. The minimum absolute atomic E-state index is 0.0451. The molecule has 3 rings (SSSR count). The molecule has 0 aromatic heterocycles. The molecule has 0 bridgehead atoms. The van der Waals surface area contributed by atoms with Crippen LogP contribution in [0.2, 0.25) is 0 Å². The van der Waals surface area contributed by atoms with Crippen LogP contribution in [-0.2, 0) is 16.6 Å². The molecule has 0 unspecified atom stereocenters. The van der Waals surface area contributed by atoms with Crippen molar-refractivity contribution in [2.75, 3.05) is 18.0 Å². The lowest BCUT2D eigenvalue weighted by atomic mass is 10.1. The quantitative estimate of drug-likeness (QED) is 0.540. The van der Waals surface area contributed by atoms with Gasteiger partial charge in [0, 0.05) is 29.7 Å². The molecule has 0 radical (unpaired) electrons. The summed E-state index contributed by atoms with van der Waals surface area (Å²) in [5.41, 5.74) is 1.78. The Hall–Kier alpha value is -2.84. The Morgan fingerprint density at radius 1 is 0.967 bits per heavy atom. The number of benzene rings is 3. The smallest absolute Gasteiger partial charge is 0.261 e. The predicted molar refractivity (Wildman–Crippen MR) is 118 cm³/mol. The average molecular weight is 445 g/mol. The zero-order valence-corrected chi connectivity index (χ0v) is 18.1. The van der Waals surface area contributed by atoms with Gasteiger partial charge in [-0.1, -0.05) is 12.1 Å². The van der Waals surface area contributed by atoms with Gasteiger partial charge < -0.3 is 4.90 Å². The molecule has 3 aromatic rings. The van der Waals surface area contributed by atoms with Crippen molar-refractivity contribution in [3.63, 3.8) is 0 Å². The standard InChI is InChI=1S/C22H21FN2O3S2/c1-25(15-16-3-11-20(29-2)12-4-16)22(26)17-5-9-19(10-6-17)24-30(27,28)21-13-7-18(23)8-14-21/h3-14,24H,15H2,1-2H3. The van der Waals surface area contributed by atoms with E-state index in [0.29, 0.717) is 17.8 Å². The first-order chi connectivity index (χ1) is 14.3. The van der Waals surface area contributed by atoms with E-state index in [9.17, 15) is 17.6 Å². The second-order valence-corrected chi connectivity index (χ2v) is 9.21. The molecule has 1 amide bonds. The first kappa shape index (κ1) is 21.9. The van der Waals surface area contributed by atoms with Gasteiger partial charge >= 0.3 is 0 Å². The summed E-state index contributed by atoms with van der Waals surface area (Å²) in [4.78, 5) is 15.4. The van der Waals surface area contributed by atoms with Crippen LogP contribution < -0.4 is 4.72 Å². The van der Waals surface area contributed by atoms with Crippen LogP contribution in [0.15, 0.2) is 82.6 Å². The van der Waals surface area contributed by atoms with Crippen LogP contribution in [0.25, 0.3) is 0 Å². The fourth-order valence-corrected chi connectivity index (χ4v) is 4.27. The maximum Gasteiger partial charge on any atom is 0.261 e. The van der Waals surface area contributed by atoms with Crippen LogP contribution in [-0.4, -0.2) is 32.5 Å². The van der Waals surface area contributed by atoms with Crippen molar-refractivity contribution in [3.8, 4) is 0 Å². The molecular formula is C22H21FN2O3S2. The number of hydrogen-bond donors (Lipinski definition) is 1. The lowest BCUT2D eigenvalue weighted by molar-refractivity contribution is 0.0785. The van der Waals surface area contributed by atoms with E-state index in [2.05, 4.69) is 4.72 Å². The molecule has 5 nitrogen and oxygen atoms in total. The number of thioether (sulfide) groups is 1. The van der Waals surface area contributed by atoms with Gasteiger partial charge in [-0.25, -0.2) is 12.8 Å². The van der Waals surface area contributed by atoms with Gasteiger partial charge in [-0.05, 0) is 72.5 Å². The summed E-state index contributed by atoms with van der Waals surface area (Å²) >= 11 is 1.66. The highest BCUT2D eigenvalue weighted by atomic mass is 32.2. The van der Waals surface area contributed by atoms with E-state index < -0.39 is 15.8 Å². The van der Waals surface area contributed by atoms with E-state index in [1.807, 2.05) is 30.5 Å². The van der Waals surface area contributed by atoms with Crippen molar-refractivity contribution in [1.82, 2.24) is 4.90 Å². The molecule has 0 saturated heterocycles. The maximum atomic E-state index is 13.0. The van der Waals surface area contributed by atoms with Gasteiger partial charge in [-0.2, -0.15) is 0 Å². The number of rotatable bonds is 7. The number of sulfonamides is 1. The summed E-state index contributed by atoms with van der Waals surface area (Å²) in [7, 11) is -2.12. The second kappa shape index (κ2) is 9.32. The van der Waals surface area contributed by atoms with Crippen LogP contribution in [0.1, 0.15) is 15.9 Å². The first-order valence-corrected chi connectivity index (χ1v) is 11.8.